The zero-order valence-electron chi connectivity index (χ0n) is 7.90. The second kappa shape index (κ2) is 4.41. The van der Waals surface area contributed by atoms with E-state index in [9.17, 15) is 4.79 Å². The quantitative estimate of drug-likeness (QED) is 0.813. The molecule has 0 saturated carbocycles. The summed E-state index contributed by atoms with van der Waals surface area (Å²) in [4.78, 5) is 17.4. The molecule has 0 aromatic carbocycles. The van der Waals surface area contributed by atoms with Gasteiger partial charge < -0.3 is 10.2 Å². The molecule has 1 aromatic heterocycles. The number of nitrogens with zero attached hydrogens (tertiary/aromatic N) is 2. The normalized spacial score (nSPS) is 16.9. The fourth-order valence-corrected chi connectivity index (χ4v) is 2.10. The molecule has 1 aromatic rings. The lowest BCUT2D eigenvalue weighted by molar-refractivity contribution is 0.187. The summed E-state index contributed by atoms with van der Waals surface area (Å²) in [5.41, 5.74) is 2.90. The van der Waals surface area contributed by atoms with E-state index in [2.05, 4.69) is 10.3 Å². The van der Waals surface area contributed by atoms with Crippen molar-refractivity contribution in [2.45, 2.75) is 12.8 Å². The first-order chi connectivity index (χ1) is 6.86. The van der Waals surface area contributed by atoms with Crippen LogP contribution in [-0.4, -0.2) is 35.5 Å². The highest BCUT2D eigenvalue weighted by atomic mass is 32.1. The Bertz CT molecular complexity index is 299. The van der Waals surface area contributed by atoms with Crippen LogP contribution in [0.1, 0.15) is 12.1 Å². The van der Waals surface area contributed by atoms with Crippen molar-refractivity contribution >= 4 is 17.4 Å². The molecule has 4 nitrogen and oxygen atoms in total. The Labute approximate surface area is 86.9 Å². The first-order valence-electron chi connectivity index (χ1n) is 4.76. The van der Waals surface area contributed by atoms with Gasteiger partial charge in [0.25, 0.3) is 0 Å². The van der Waals surface area contributed by atoms with Crippen molar-refractivity contribution in [3.05, 3.63) is 16.6 Å². The standard InChI is InChI=1S/C9H13N3OS/c13-9-10-3-1-4-12(9)5-2-8-6-14-7-11-8/h6-7H,1-5H2,(H,10,13). The van der Waals surface area contributed by atoms with Crippen LogP contribution in [-0.2, 0) is 6.42 Å². The van der Waals surface area contributed by atoms with Gasteiger partial charge in [0.1, 0.15) is 0 Å². The van der Waals surface area contributed by atoms with Crippen molar-refractivity contribution in [2.75, 3.05) is 19.6 Å². The molecule has 1 aliphatic heterocycles. The van der Waals surface area contributed by atoms with Crippen molar-refractivity contribution in [3.63, 3.8) is 0 Å². The van der Waals surface area contributed by atoms with Gasteiger partial charge in [-0.1, -0.05) is 0 Å². The number of hydrogen-bond acceptors (Lipinski definition) is 3. The maximum Gasteiger partial charge on any atom is 0.317 e. The molecular formula is C9H13N3OS. The minimum Gasteiger partial charge on any atom is -0.338 e. The summed E-state index contributed by atoms with van der Waals surface area (Å²) < 4.78 is 0. The summed E-state index contributed by atoms with van der Waals surface area (Å²) in [5, 5.41) is 4.86. The number of carbonyl (C=O) groups is 1. The molecule has 0 spiro atoms. The van der Waals surface area contributed by atoms with E-state index >= 15 is 0 Å². The molecule has 2 rings (SSSR count). The number of carbonyl (C=O) groups excluding carboxylic acids is 1. The molecule has 2 heterocycles. The minimum atomic E-state index is 0.0616. The highest BCUT2D eigenvalue weighted by molar-refractivity contribution is 7.07. The summed E-state index contributed by atoms with van der Waals surface area (Å²) >= 11 is 1.60. The van der Waals surface area contributed by atoms with Gasteiger partial charge in [-0.2, -0.15) is 0 Å². The number of amides is 2. The Morgan fingerprint density at radius 1 is 1.64 bits per heavy atom. The number of nitrogens with one attached hydrogen (secondary N) is 1. The van der Waals surface area contributed by atoms with Gasteiger partial charge in [0, 0.05) is 31.4 Å². The van der Waals surface area contributed by atoms with Crippen LogP contribution in [0.4, 0.5) is 4.79 Å². The molecule has 1 N–H and O–H groups in total. The highest BCUT2D eigenvalue weighted by Crippen LogP contribution is 2.05. The maximum atomic E-state index is 11.4. The lowest BCUT2D eigenvalue weighted by Gasteiger charge is -2.27. The molecular weight excluding hydrogens is 198 g/mol. The van der Waals surface area contributed by atoms with Crippen molar-refractivity contribution in [1.82, 2.24) is 15.2 Å². The lowest BCUT2D eigenvalue weighted by Crippen LogP contribution is -2.47. The molecule has 5 heteroatoms. The monoisotopic (exact) mass is 211 g/mol. The Morgan fingerprint density at radius 2 is 2.57 bits per heavy atom. The maximum absolute atomic E-state index is 11.4. The largest absolute Gasteiger partial charge is 0.338 e. The Kier molecular flexibility index (Phi) is 2.98. The predicted octanol–water partition coefficient (Wildman–Crippen LogP) is 1.10. The van der Waals surface area contributed by atoms with Crippen LogP contribution in [0.15, 0.2) is 10.9 Å². The van der Waals surface area contributed by atoms with Crippen LogP contribution in [0.2, 0.25) is 0 Å². The molecule has 2 amide bonds. The summed E-state index contributed by atoms with van der Waals surface area (Å²) in [6.07, 6.45) is 1.90. The van der Waals surface area contributed by atoms with E-state index in [0.29, 0.717) is 0 Å². The van der Waals surface area contributed by atoms with Gasteiger partial charge in [0.2, 0.25) is 0 Å². The fourth-order valence-electron chi connectivity index (χ4n) is 1.50. The summed E-state index contributed by atoms with van der Waals surface area (Å²) in [6, 6.07) is 0.0616. The van der Waals surface area contributed by atoms with Gasteiger partial charge in [-0.15, -0.1) is 11.3 Å². The fraction of sp³-hybridized carbons (Fsp3) is 0.556. The summed E-state index contributed by atoms with van der Waals surface area (Å²) in [6.45, 7) is 2.46. The Morgan fingerprint density at radius 3 is 3.29 bits per heavy atom. The number of hydrogen-bond donors (Lipinski definition) is 1. The van der Waals surface area contributed by atoms with E-state index in [-0.39, 0.29) is 6.03 Å². The van der Waals surface area contributed by atoms with Gasteiger partial charge >= 0.3 is 6.03 Å². The molecule has 0 bridgehead atoms. The summed E-state index contributed by atoms with van der Waals surface area (Å²) in [5.74, 6) is 0. The van der Waals surface area contributed by atoms with Crippen LogP contribution in [0.25, 0.3) is 0 Å². The Hall–Kier alpha value is -1.10. The number of aromatic nitrogens is 1. The molecule has 1 fully saturated rings. The predicted molar refractivity (Wildman–Crippen MR) is 55.4 cm³/mol. The molecule has 0 aliphatic carbocycles. The molecule has 0 unspecified atom stereocenters. The van der Waals surface area contributed by atoms with Crippen LogP contribution < -0.4 is 5.32 Å². The van der Waals surface area contributed by atoms with Crippen LogP contribution in [0, 0.1) is 0 Å². The van der Waals surface area contributed by atoms with Crippen molar-refractivity contribution in [1.29, 1.82) is 0 Å². The third-order valence-electron chi connectivity index (χ3n) is 2.29. The van der Waals surface area contributed by atoms with Gasteiger partial charge in [-0.3, -0.25) is 0 Å². The van der Waals surface area contributed by atoms with Crippen LogP contribution in [0.3, 0.4) is 0 Å². The first kappa shape index (κ1) is 9.45. The van der Waals surface area contributed by atoms with Gasteiger partial charge in [-0.25, -0.2) is 9.78 Å². The second-order valence-corrected chi connectivity index (χ2v) is 4.02. The van der Waals surface area contributed by atoms with Crippen molar-refractivity contribution < 1.29 is 4.79 Å². The number of rotatable bonds is 3. The molecule has 1 saturated heterocycles. The van der Waals surface area contributed by atoms with Crippen LogP contribution in [0.5, 0.6) is 0 Å². The smallest absolute Gasteiger partial charge is 0.317 e. The minimum absolute atomic E-state index is 0.0616. The van der Waals surface area contributed by atoms with E-state index in [1.807, 2.05) is 15.8 Å². The lowest BCUT2D eigenvalue weighted by atomic mass is 10.2. The third-order valence-corrected chi connectivity index (χ3v) is 2.92. The average molecular weight is 211 g/mol. The summed E-state index contributed by atoms with van der Waals surface area (Å²) in [7, 11) is 0. The van der Waals surface area contributed by atoms with Gasteiger partial charge in [0.15, 0.2) is 0 Å². The van der Waals surface area contributed by atoms with Gasteiger partial charge in [-0.05, 0) is 6.42 Å². The van der Waals surface area contributed by atoms with Crippen molar-refractivity contribution in [3.8, 4) is 0 Å². The van der Waals surface area contributed by atoms with E-state index < -0.39 is 0 Å². The average Bonchev–Trinajstić information content (AvgIpc) is 2.69. The number of urea groups is 1. The molecule has 0 radical (unpaired) electrons. The SMILES string of the molecule is O=C1NCCCN1CCc1cscn1. The molecule has 0 atom stereocenters. The van der Waals surface area contributed by atoms with E-state index in [1.54, 1.807) is 11.3 Å². The van der Waals surface area contributed by atoms with Crippen LogP contribution >= 0.6 is 11.3 Å². The molecule has 76 valence electrons. The topological polar surface area (TPSA) is 45.2 Å². The van der Waals surface area contributed by atoms with Crippen molar-refractivity contribution in [2.24, 2.45) is 0 Å². The third kappa shape index (κ3) is 2.23. The Balaban J connectivity index is 1.82. The zero-order chi connectivity index (χ0) is 9.80. The molecule has 14 heavy (non-hydrogen) atoms. The number of thiazole rings is 1. The van der Waals surface area contributed by atoms with E-state index in [4.69, 9.17) is 0 Å². The second-order valence-electron chi connectivity index (χ2n) is 3.30. The zero-order valence-corrected chi connectivity index (χ0v) is 8.72. The first-order valence-corrected chi connectivity index (χ1v) is 5.70. The van der Waals surface area contributed by atoms with Gasteiger partial charge in [0.05, 0.1) is 11.2 Å². The highest BCUT2D eigenvalue weighted by Gasteiger charge is 2.16. The van der Waals surface area contributed by atoms with E-state index in [0.717, 1.165) is 38.2 Å². The molecule has 1 aliphatic rings. The van der Waals surface area contributed by atoms with E-state index in [1.165, 1.54) is 0 Å².